The van der Waals surface area contributed by atoms with Gasteiger partial charge in [-0.3, -0.25) is 4.79 Å². The van der Waals surface area contributed by atoms with Crippen LogP contribution in [0.5, 0.6) is 0 Å². The highest BCUT2D eigenvalue weighted by atomic mass is 16.1. The molecule has 0 fully saturated rings. The molecule has 116 valence electrons. The van der Waals surface area contributed by atoms with E-state index in [0.717, 1.165) is 17.7 Å². The summed E-state index contributed by atoms with van der Waals surface area (Å²) in [5.41, 5.74) is 3.12. The van der Waals surface area contributed by atoms with Crippen molar-refractivity contribution in [2.24, 2.45) is 0 Å². The molecule has 0 aliphatic carbocycles. The van der Waals surface area contributed by atoms with Gasteiger partial charge in [-0.25, -0.2) is 4.68 Å². The number of nitrogens with zero attached hydrogens (tertiary/aromatic N) is 2. The summed E-state index contributed by atoms with van der Waals surface area (Å²) in [6, 6.07) is 20.0. The maximum atomic E-state index is 12.0. The number of nitrogens with one attached hydrogen (secondary N) is 1. The van der Waals surface area contributed by atoms with Gasteiger partial charge in [-0.2, -0.15) is 5.10 Å². The molecule has 2 aromatic carbocycles. The monoisotopic (exact) mass is 305 g/mol. The van der Waals surface area contributed by atoms with E-state index in [1.165, 1.54) is 5.56 Å². The highest BCUT2D eigenvalue weighted by molar-refractivity contribution is 5.78. The van der Waals surface area contributed by atoms with Crippen molar-refractivity contribution in [1.29, 1.82) is 0 Å². The molecule has 1 aromatic heterocycles. The molecule has 0 spiro atoms. The van der Waals surface area contributed by atoms with Crippen LogP contribution in [-0.2, 0) is 17.6 Å². The van der Waals surface area contributed by atoms with Crippen LogP contribution < -0.4 is 5.32 Å². The predicted octanol–water partition coefficient (Wildman–Crippen LogP) is 2.77. The van der Waals surface area contributed by atoms with Crippen LogP contribution in [0.1, 0.15) is 11.1 Å². The first kappa shape index (κ1) is 15.0. The molecule has 3 aromatic rings. The maximum absolute atomic E-state index is 12.0. The van der Waals surface area contributed by atoms with E-state index in [4.69, 9.17) is 0 Å². The Morgan fingerprint density at radius 2 is 1.65 bits per heavy atom. The quantitative estimate of drug-likeness (QED) is 0.761. The Morgan fingerprint density at radius 1 is 0.957 bits per heavy atom. The molecule has 1 amide bonds. The van der Waals surface area contributed by atoms with Gasteiger partial charge < -0.3 is 5.32 Å². The van der Waals surface area contributed by atoms with Gasteiger partial charge in [-0.15, -0.1) is 0 Å². The Bertz CT molecular complexity index is 751. The summed E-state index contributed by atoms with van der Waals surface area (Å²) in [5.74, 6) is 0.0218. The van der Waals surface area contributed by atoms with Crippen molar-refractivity contribution in [3.8, 4) is 5.69 Å². The van der Waals surface area contributed by atoms with E-state index in [-0.39, 0.29) is 5.91 Å². The highest BCUT2D eigenvalue weighted by Gasteiger charge is 2.06. The standard InChI is InChI=1S/C19H19N3O/c23-19(20-12-11-16-7-3-1-4-8-16)13-17-14-21-22(15-17)18-9-5-2-6-10-18/h1-10,14-15H,11-13H2,(H,20,23). The lowest BCUT2D eigenvalue weighted by atomic mass is 10.1. The van der Waals surface area contributed by atoms with Crippen molar-refractivity contribution in [1.82, 2.24) is 15.1 Å². The average Bonchev–Trinajstić information content (AvgIpc) is 3.05. The van der Waals surface area contributed by atoms with Gasteiger partial charge in [0.2, 0.25) is 5.91 Å². The third kappa shape index (κ3) is 4.30. The fourth-order valence-corrected chi connectivity index (χ4v) is 2.41. The molecule has 0 bridgehead atoms. The zero-order valence-corrected chi connectivity index (χ0v) is 12.9. The fourth-order valence-electron chi connectivity index (χ4n) is 2.41. The van der Waals surface area contributed by atoms with Crippen LogP contribution in [0, 0.1) is 0 Å². The summed E-state index contributed by atoms with van der Waals surface area (Å²) < 4.78 is 1.78. The molecule has 3 rings (SSSR count). The van der Waals surface area contributed by atoms with Gasteiger partial charge in [0, 0.05) is 12.7 Å². The second-order valence-corrected chi connectivity index (χ2v) is 5.39. The first-order valence-electron chi connectivity index (χ1n) is 7.71. The van der Waals surface area contributed by atoms with E-state index in [1.807, 2.05) is 54.7 Å². The number of benzene rings is 2. The van der Waals surface area contributed by atoms with Crippen molar-refractivity contribution in [3.05, 3.63) is 84.2 Å². The Labute approximate surface area is 135 Å². The van der Waals surface area contributed by atoms with Crippen molar-refractivity contribution >= 4 is 5.91 Å². The molecule has 1 N–H and O–H groups in total. The van der Waals surface area contributed by atoms with Crippen LogP contribution >= 0.6 is 0 Å². The second-order valence-electron chi connectivity index (χ2n) is 5.39. The number of rotatable bonds is 6. The van der Waals surface area contributed by atoms with Gasteiger partial charge in [0.05, 0.1) is 18.3 Å². The molecule has 1 heterocycles. The summed E-state index contributed by atoms with van der Waals surface area (Å²) in [4.78, 5) is 12.0. The topological polar surface area (TPSA) is 46.9 Å². The van der Waals surface area contributed by atoms with Gasteiger partial charge in [0.25, 0.3) is 0 Å². The molecular formula is C19H19N3O. The first-order chi connectivity index (χ1) is 11.3. The van der Waals surface area contributed by atoms with E-state index in [9.17, 15) is 4.79 Å². The smallest absolute Gasteiger partial charge is 0.224 e. The summed E-state index contributed by atoms with van der Waals surface area (Å²) in [6.45, 7) is 0.648. The van der Waals surface area contributed by atoms with Crippen LogP contribution in [0.2, 0.25) is 0 Å². The highest BCUT2D eigenvalue weighted by Crippen LogP contribution is 2.08. The molecule has 0 saturated heterocycles. The zero-order valence-electron chi connectivity index (χ0n) is 12.9. The number of carbonyl (C=O) groups is 1. The Balaban J connectivity index is 1.49. The van der Waals surface area contributed by atoms with E-state index in [0.29, 0.717) is 13.0 Å². The number of aromatic nitrogens is 2. The van der Waals surface area contributed by atoms with E-state index >= 15 is 0 Å². The lowest BCUT2D eigenvalue weighted by Gasteiger charge is -2.04. The van der Waals surface area contributed by atoms with E-state index < -0.39 is 0 Å². The summed E-state index contributed by atoms with van der Waals surface area (Å²) in [6.07, 6.45) is 4.83. The molecule has 4 nitrogen and oxygen atoms in total. The van der Waals surface area contributed by atoms with Gasteiger partial charge in [0.15, 0.2) is 0 Å². The number of hydrogen-bond donors (Lipinski definition) is 1. The average molecular weight is 305 g/mol. The minimum absolute atomic E-state index is 0.0218. The van der Waals surface area contributed by atoms with Crippen LogP contribution in [0.3, 0.4) is 0 Å². The van der Waals surface area contributed by atoms with Crippen molar-refractivity contribution in [2.45, 2.75) is 12.8 Å². The largest absolute Gasteiger partial charge is 0.355 e. The minimum atomic E-state index is 0.0218. The Hall–Kier alpha value is -2.88. The molecule has 23 heavy (non-hydrogen) atoms. The van der Waals surface area contributed by atoms with E-state index in [2.05, 4.69) is 22.5 Å². The molecule has 4 heteroatoms. The van der Waals surface area contributed by atoms with Gasteiger partial charge in [0.1, 0.15) is 0 Å². The normalized spacial score (nSPS) is 10.4. The molecule has 0 aliphatic rings. The SMILES string of the molecule is O=C(Cc1cnn(-c2ccccc2)c1)NCCc1ccccc1. The van der Waals surface area contributed by atoms with Crippen LogP contribution in [0.4, 0.5) is 0 Å². The summed E-state index contributed by atoms with van der Waals surface area (Å²) in [5, 5.41) is 7.26. The lowest BCUT2D eigenvalue weighted by molar-refractivity contribution is -0.120. The van der Waals surface area contributed by atoms with Crippen molar-refractivity contribution in [2.75, 3.05) is 6.54 Å². The number of carbonyl (C=O) groups excluding carboxylic acids is 1. The minimum Gasteiger partial charge on any atom is -0.355 e. The summed E-state index contributed by atoms with van der Waals surface area (Å²) in [7, 11) is 0. The van der Waals surface area contributed by atoms with Crippen LogP contribution in [0.25, 0.3) is 5.69 Å². The fraction of sp³-hybridized carbons (Fsp3) is 0.158. The molecule has 0 saturated carbocycles. The third-order valence-electron chi connectivity index (χ3n) is 3.60. The predicted molar refractivity (Wildman–Crippen MR) is 90.4 cm³/mol. The summed E-state index contributed by atoms with van der Waals surface area (Å²) >= 11 is 0. The number of hydrogen-bond acceptors (Lipinski definition) is 2. The van der Waals surface area contributed by atoms with Gasteiger partial charge >= 0.3 is 0 Å². The molecule has 0 radical (unpaired) electrons. The van der Waals surface area contributed by atoms with Crippen molar-refractivity contribution in [3.63, 3.8) is 0 Å². The number of para-hydroxylation sites is 1. The van der Waals surface area contributed by atoms with E-state index in [1.54, 1.807) is 10.9 Å². The Kier molecular flexibility index (Phi) is 4.84. The first-order valence-corrected chi connectivity index (χ1v) is 7.71. The molecule has 0 unspecified atom stereocenters. The number of amides is 1. The molecule has 0 atom stereocenters. The van der Waals surface area contributed by atoms with Gasteiger partial charge in [-0.1, -0.05) is 48.5 Å². The van der Waals surface area contributed by atoms with Crippen molar-refractivity contribution < 1.29 is 4.79 Å². The molecule has 0 aliphatic heterocycles. The van der Waals surface area contributed by atoms with Crippen LogP contribution in [0.15, 0.2) is 73.1 Å². The Morgan fingerprint density at radius 3 is 2.39 bits per heavy atom. The lowest BCUT2D eigenvalue weighted by Crippen LogP contribution is -2.27. The molecular weight excluding hydrogens is 286 g/mol. The second kappa shape index (κ2) is 7.40. The van der Waals surface area contributed by atoms with Gasteiger partial charge in [-0.05, 0) is 29.7 Å². The third-order valence-corrected chi connectivity index (χ3v) is 3.60. The maximum Gasteiger partial charge on any atom is 0.224 e. The van der Waals surface area contributed by atoms with Crippen LogP contribution in [-0.4, -0.2) is 22.2 Å². The zero-order chi connectivity index (χ0) is 15.9.